The van der Waals surface area contributed by atoms with Gasteiger partial charge in [0.2, 0.25) is 5.91 Å². The summed E-state index contributed by atoms with van der Waals surface area (Å²) in [6.45, 7) is 3.70. The number of fused-ring (bicyclic) bond motifs is 1. The lowest BCUT2D eigenvalue weighted by Crippen LogP contribution is -2.43. The van der Waals surface area contributed by atoms with Crippen LogP contribution < -0.4 is 10.2 Å². The highest BCUT2D eigenvalue weighted by molar-refractivity contribution is 9.10. The van der Waals surface area contributed by atoms with E-state index in [1.165, 1.54) is 5.01 Å². The standard InChI is InChI=1S/C20H18BrN5O3/c1-11-3-8-15(9-12(11)2)26-19(28)17-18(20(26)29)25(24-23-17)10-16(27)22-14-6-4-13(21)5-7-14/h3-9,17-18H,10H2,1-2H3,(H,22,27)/t17-,18-/m1/s1. The number of halogens is 1. The molecule has 3 amide bonds. The zero-order valence-corrected chi connectivity index (χ0v) is 17.4. The second kappa shape index (κ2) is 7.40. The fourth-order valence-electron chi connectivity index (χ4n) is 3.35. The van der Waals surface area contributed by atoms with Crippen LogP contribution in [0.4, 0.5) is 11.4 Å². The maximum atomic E-state index is 13.0. The van der Waals surface area contributed by atoms with Crippen LogP contribution >= 0.6 is 15.9 Å². The monoisotopic (exact) mass is 455 g/mol. The number of carbonyl (C=O) groups is 3. The molecule has 2 heterocycles. The molecule has 1 fully saturated rings. The van der Waals surface area contributed by atoms with Crippen molar-refractivity contribution in [3.8, 4) is 0 Å². The maximum absolute atomic E-state index is 13.0. The maximum Gasteiger partial charge on any atom is 0.263 e. The van der Waals surface area contributed by atoms with Crippen molar-refractivity contribution in [2.24, 2.45) is 10.3 Å². The molecule has 2 aromatic rings. The molecule has 2 aliphatic rings. The highest BCUT2D eigenvalue weighted by atomic mass is 79.9. The van der Waals surface area contributed by atoms with Gasteiger partial charge in [0.25, 0.3) is 11.8 Å². The fraction of sp³-hybridized carbons (Fsp3) is 0.250. The number of rotatable bonds is 4. The molecule has 0 saturated carbocycles. The number of nitrogens with zero attached hydrogens (tertiary/aromatic N) is 4. The van der Waals surface area contributed by atoms with Crippen LogP contribution in [0.1, 0.15) is 11.1 Å². The lowest BCUT2D eigenvalue weighted by molar-refractivity contribution is -0.123. The first-order valence-electron chi connectivity index (χ1n) is 9.03. The van der Waals surface area contributed by atoms with E-state index < -0.39 is 23.9 Å². The predicted octanol–water partition coefficient (Wildman–Crippen LogP) is 3.00. The third-order valence-corrected chi connectivity index (χ3v) is 5.57. The molecule has 0 unspecified atom stereocenters. The van der Waals surface area contributed by atoms with E-state index in [0.29, 0.717) is 11.4 Å². The molecule has 0 bridgehead atoms. The number of nitrogens with one attached hydrogen (secondary N) is 1. The smallest absolute Gasteiger partial charge is 0.263 e. The van der Waals surface area contributed by atoms with Crippen LogP contribution in [-0.4, -0.2) is 41.4 Å². The molecule has 8 nitrogen and oxygen atoms in total. The van der Waals surface area contributed by atoms with Gasteiger partial charge in [-0.15, -0.1) is 0 Å². The minimum atomic E-state index is -0.926. The largest absolute Gasteiger partial charge is 0.324 e. The van der Waals surface area contributed by atoms with Crippen LogP contribution in [0.3, 0.4) is 0 Å². The van der Waals surface area contributed by atoms with Crippen molar-refractivity contribution < 1.29 is 14.4 Å². The van der Waals surface area contributed by atoms with Crippen molar-refractivity contribution in [3.63, 3.8) is 0 Å². The summed E-state index contributed by atoms with van der Waals surface area (Å²) >= 11 is 3.34. The average Bonchev–Trinajstić information content (AvgIpc) is 3.20. The van der Waals surface area contributed by atoms with E-state index in [9.17, 15) is 14.4 Å². The van der Waals surface area contributed by atoms with E-state index in [2.05, 4.69) is 31.6 Å². The first-order chi connectivity index (χ1) is 13.8. The molecule has 0 aliphatic carbocycles. The van der Waals surface area contributed by atoms with E-state index in [0.717, 1.165) is 20.5 Å². The number of hydrogen-bond donors (Lipinski definition) is 1. The SMILES string of the molecule is Cc1ccc(N2C(=O)[C@@H]3N=NN(CC(=O)Nc4ccc(Br)cc4)[C@H]3C2=O)cc1C. The lowest BCUT2D eigenvalue weighted by atomic mass is 10.1. The molecular weight excluding hydrogens is 438 g/mol. The Balaban J connectivity index is 1.49. The number of amides is 3. The lowest BCUT2D eigenvalue weighted by Gasteiger charge is -2.20. The Bertz CT molecular complexity index is 1040. The number of anilines is 2. The Morgan fingerprint density at radius 1 is 1.07 bits per heavy atom. The van der Waals surface area contributed by atoms with Crippen molar-refractivity contribution in [2.75, 3.05) is 16.8 Å². The van der Waals surface area contributed by atoms with Gasteiger partial charge in [0.15, 0.2) is 12.1 Å². The van der Waals surface area contributed by atoms with Gasteiger partial charge in [-0.05, 0) is 61.4 Å². The second-order valence-corrected chi connectivity index (χ2v) is 7.94. The van der Waals surface area contributed by atoms with Crippen molar-refractivity contribution in [2.45, 2.75) is 25.9 Å². The Morgan fingerprint density at radius 3 is 2.48 bits per heavy atom. The molecule has 0 aromatic heterocycles. The Hall–Kier alpha value is -3.07. The summed E-state index contributed by atoms with van der Waals surface area (Å²) in [5, 5.41) is 11.9. The quantitative estimate of drug-likeness (QED) is 0.716. The van der Waals surface area contributed by atoms with Crippen LogP contribution in [0.2, 0.25) is 0 Å². The van der Waals surface area contributed by atoms with Crippen molar-refractivity contribution >= 4 is 45.0 Å². The summed E-state index contributed by atoms with van der Waals surface area (Å²) in [6, 6.07) is 10.7. The number of hydrogen-bond acceptors (Lipinski definition) is 6. The summed E-state index contributed by atoms with van der Waals surface area (Å²) in [7, 11) is 0. The van der Waals surface area contributed by atoms with Gasteiger partial charge in [-0.3, -0.25) is 19.4 Å². The van der Waals surface area contributed by atoms with Crippen LogP contribution in [0, 0.1) is 13.8 Å². The molecule has 0 spiro atoms. The summed E-state index contributed by atoms with van der Waals surface area (Å²) in [5.41, 5.74) is 3.18. The predicted molar refractivity (Wildman–Crippen MR) is 110 cm³/mol. The molecule has 2 aliphatic heterocycles. The van der Waals surface area contributed by atoms with Gasteiger partial charge in [0, 0.05) is 10.2 Å². The molecule has 0 radical (unpaired) electrons. The number of carbonyl (C=O) groups excluding carboxylic acids is 3. The number of aryl methyl sites for hydroxylation is 2. The molecule has 2 atom stereocenters. The molecule has 29 heavy (non-hydrogen) atoms. The van der Waals surface area contributed by atoms with E-state index in [1.807, 2.05) is 32.0 Å². The van der Waals surface area contributed by atoms with Crippen molar-refractivity contribution in [1.29, 1.82) is 0 Å². The minimum absolute atomic E-state index is 0.180. The van der Waals surface area contributed by atoms with Crippen molar-refractivity contribution in [1.82, 2.24) is 5.01 Å². The summed E-state index contributed by atoms with van der Waals surface area (Å²) in [5.74, 6) is -1.20. The van der Waals surface area contributed by atoms with Crippen molar-refractivity contribution in [3.05, 3.63) is 58.1 Å². The van der Waals surface area contributed by atoms with E-state index in [1.54, 1.807) is 24.3 Å². The fourth-order valence-corrected chi connectivity index (χ4v) is 3.62. The first kappa shape index (κ1) is 19.3. The minimum Gasteiger partial charge on any atom is -0.324 e. The zero-order chi connectivity index (χ0) is 20.7. The molecular formula is C20H18BrN5O3. The van der Waals surface area contributed by atoms with E-state index >= 15 is 0 Å². The second-order valence-electron chi connectivity index (χ2n) is 7.03. The average molecular weight is 456 g/mol. The Labute approximate surface area is 175 Å². The van der Waals surface area contributed by atoms with Gasteiger partial charge in [-0.2, -0.15) is 5.11 Å². The highest BCUT2D eigenvalue weighted by Crippen LogP contribution is 2.32. The molecule has 1 saturated heterocycles. The summed E-state index contributed by atoms with van der Waals surface area (Å²) in [4.78, 5) is 39.3. The van der Waals surface area contributed by atoms with Crippen LogP contribution in [0.5, 0.6) is 0 Å². The number of benzene rings is 2. The van der Waals surface area contributed by atoms with Crippen LogP contribution in [0.25, 0.3) is 0 Å². The molecule has 9 heteroatoms. The van der Waals surface area contributed by atoms with Gasteiger partial charge < -0.3 is 5.32 Å². The van der Waals surface area contributed by atoms with Gasteiger partial charge in [-0.25, -0.2) is 4.90 Å². The zero-order valence-electron chi connectivity index (χ0n) is 15.8. The third-order valence-electron chi connectivity index (χ3n) is 5.04. The molecule has 4 rings (SSSR count). The topological polar surface area (TPSA) is 94.4 Å². The Kier molecular flexibility index (Phi) is 4.91. The van der Waals surface area contributed by atoms with Gasteiger partial charge in [-0.1, -0.05) is 27.2 Å². The van der Waals surface area contributed by atoms with Gasteiger partial charge in [0.05, 0.1) is 5.69 Å². The summed E-state index contributed by atoms with van der Waals surface area (Å²) in [6.07, 6.45) is 0. The molecule has 1 N–H and O–H groups in total. The number of imide groups is 1. The molecule has 2 aromatic carbocycles. The first-order valence-corrected chi connectivity index (χ1v) is 9.82. The summed E-state index contributed by atoms with van der Waals surface area (Å²) < 4.78 is 0.896. The third kappa shape index (κ3) is 3.53. The van der Waals surface area contributed by atoms with Gasteiger partial charge >= 0.3 is 0 Å². The van der Waals surface area contributed by atoms with Gasteiger partial charge in [0.1, 0.15) is 6.54 Å². The highest BCUT2D eigenvalue weighted by Gasteiger charge is 2.55. The molecule has 148 valence electrons. The van der Waals surface area contributed by atoms with E-state index in [-0.39, 0.29) is 12.5 Å². The normalized spacial score (nSPS) is 20.4. The van der Waals surface area contributed by atoms with Crippen LogP contribution in [0.15, 0.2) is 57.3 Å². The van der Waals surface area contributed by atoms with E-state index in [4.69, 9.17) is 0 Å². The van der Waals surface area contributed by atoms with Crippen LogP contribution in [-0.2, 0) is 14.4 Å². The Morgan fingerprint density at radius 2 is 1.79 bits per heavy atom.